The van der Waals surface area contributed by atoms with E-state index >= 15 is 0 Å². The number of nitrogens with one attached hydrogen (secondary N) is 1. The molecule has 1 spiro atoms. The highest BCUT2D eigenvalue weighted by molar-refractivity contribution is 7.08. The minimum atomic E-state index is -0.566. The molecular formula is C21H23N3O3S. The highest BCUT2D eigenvalue weighted by atomic mass is 32.1. The summed E-state index contributed by atoms with van der Waals surface area (Å²) in [7, 11) is 0. The molecule has 1 N–H and O–H groups in total. The van der Waals surface area contributed by atoms with Crippen LogP contribution in [0.3, 0.4) is 0 Å². The second-order valence-corrected chi connectivity index (χ2v) is 8.28. The largest absolute Gasteiger partial charge is 0.386 e. The van der Waals surface area contributed by atoms with Gasteiger partial charge in [-0.25, -0.2) is 0 Å². The maximum atomic E-state index is 12.5. The van der Waals surface area contributed by atoms with E-state index in [1.807, 2.05) is 35.0 Å². The summed E-state index contributed by atoms with van der Waals surface area (Å²) in [5, 5.41) is 10.8. The number of carbonyl (C=O) groups excluding carboxylic acids is 2. The summed E-state index contributed by atoms with van der Waals surface area (Å²) < 4.78 is 0. The molecule has 2 aromatic rings. The number of oxime groups is 1. The number of carbonyl (C=O) groups is 2. The van der Waals surface area contributed by atoms with Crippen LogP contribution >= 0.6 is 11.3 Å². The van der Waals surface area contributed by atoms with Crippen LogP contribution in [0.25, 0.3) is 0 Å². The van der Waals surface area contributed by atoms with Crippen LogP contribution in [0.5, 0.6) is 0 Å². The average molecular weight is 398 g/mol. The van der Waals surface area contributed by atoms with Gasteiger partial charge in [0.15, 0.2) is 5.60 Å². The standard InChI is InChI=1S/C21H23N3O3S/c1-15(16-5-3-2-4-6-16)12-22-19(25)18-11-21(27-23-18)8-9-24(14-21)20(26)17-7-10-28-13-17/h2-7,10,13,15H,8-9,11-12,14H2,1H3,(H,22,25)/t15-,21-/m0/s1. The monoisotopic (exact) mass is 397 g/mol. The minimum absolute atomic E-state index is 0.0105. The van der Waals surface area contributed by atoms with Gasteiger partial charge in [0.1, 0.15) is 5.71 Å². The topological polar surface area (TPSA) is 71.0 Å². The number of thiophene rings is 1. The summed E-state index contributed by atoms with van der Waals surface area (Å²) in [6, 6.07) is 11.9. The molecule has 2 aliphatic rings. The van der Waals surface area contributed by atoms with Gasteiger partial charge >= 0.3 is 0 Å². The fourth-order valence-electron chi connectivity index (χ4n) is 3.70. The van der Waals surface area contributed by atoms with Crippen molar-refractivity contribution in [2.45, 2.75) is 31.3 Å². The molecule has 0 radical (unpaired) electrons. The maximum Gasteiger partial charge on any atom is 0.269 e. The highest BCUT2D eigenvalue weighted by Gasteiger charge is 2.48. The molecule has 0 saturated carbocycles. The molecule has 7 heteroatoms. The molecule has 2 atom stereocenters. The Balaban J connectivity index is 1.30. The van der Waals surface area contributed by atoms with Crippen molar-refractivity contribution in [3.05, 3.63) is 58.3 Å². The lowest BCUT2D eigenvalue weighted by Crippen LogP contribution is -2.39. The predicted molar refractivity (Wildman–Crippen MR) is 109 cm³/mol. The zero-order valence-corrected chi connectivity index (χ0v) is 16.6. The van der Waals surface area contributed by atoms with Crippen LogP contribution < -0.4 is 5.32 Å². The molecule has 2 aliphatic heterocycles. The van der Waals surface area contributed by atoms with Crippen molar-refractivity contribution in [3.63, 3.8) is 0 Å². The first kappa shape index (κ1) is 18.7. The smallest absolute Gasteiger partial charge is 0.269 e. The van der Waals surface area contributed by atoms with E-state index < -0.39 is 5.60 Å². The third kappa shape index (κ3) is 3.80. The van der Waals surface area contributed by atoms with E-state index in [1.165, 1.54) is 16.9 Å². The molecule has 2 amide bonds. The second-order valence-electron chi connectivity index (χ2n) is 7.50. The summed E-state index contributed by atoms with van der Waals surface area (Å²) in [5.74, 6) is 0.0332. The molecule has 146 valence electrons. The number of amides is 2. The van der Waals surface area contributed by atoms with E-state index in [9.17, 15) is 9.59 Å². The number of likely N-dealkylation sites (tertiary alicyclic amines) is 1. The third-order valence-corrected chi connectivity index (χ3v) is 6.09. The Morgan fingerprint density at radius 2 is 2.14 bits per heavy atom. The van der Waals surface area contributed by atoms with Gasteiger partial charge in [0.2, 0.25) is 0 Å². The van der Waals surface area contributed by atoms with Crippen molar-refractivity contribution in [1.82, 2.24) is 10.2 Å². The molecule has 28 heavy (non-hydrogen) atoms. The average Bonchev–Trinajstić information content (AvgIpc) is 3.48. The summed E-state index contributed by atoms with van der Waals surface area (Å²) in [6.45, 7) is 3.69. The Morgan fingerprint density at radius 1 is 1.32 bits per heavy atom. The zero-order valence-electron chi connectivity index (χ0n) is 15.8. The molecule has 1 fully saturated rings. The van der Waals surface area contributed by atoms with Crippen LogP contribution in [-0.2, 0) is 9.63 Å². The van der Waals surface area contributed by atoms with Crippen LogP contribution in [0.2, 0.25) is 0 Å². The van der Waals surface area contributed by atoms with Gasteiger partial charge in [-0.2, -0.15) is 11.3 Å². The van der Waals surface area contributed by atoms with Crippen molar-refractivity contribution in [2.24, 2.45) is 5.16 Å². The minimum Gasteiger partial charge on any atom is -0.386 e. The number of hydrogen-bond donors (Lipinski definition) is 1. The van der Waals surface area contributed by atoms with Gasteiger partial charge in [-0.1, -0.05) is 42.4 Å². The van der Waals surface area contributed by atoms with Crippen molar-refractivity contribution in [1.29, 1.82) is 0 Å². The van der Waals surface area contributed by atoms with E-state index in [4.69, 9.17) is 4.84 Å². The Kier molecular flexibility index (Phi) is 5.17. The molecule has 3 heterocycles. The van der Waals surface area contributed by atoms with Crippen molar-refractivity contribution in [2.75, 3.05) is 19.6 Å². The normalized spacial score (nSPS) is 22.0. The van der Waals surface area contributed by atoms with Gasteiger partial charge in [-0.05, 0) is 22.9 Å². The van der Waals surface area contributed by atoms with Crippen LogP contribution in [0, 0.1) is 0 Å². The fourth-order valence-corrected chi connectivity index (χ4v) is 4.33. The van der Waals surface area contributed by atoms with Crippen molar-refractivity contribution >= 4 is 28.9 Å². The Bertz CT molecular complexity index is 882. The van der Waals surface area contributed by atoms with E-state index in [0.717, 1.165) is 0 Å². The lowest BCUT2D eigenvalue weighted by molar-refractivity contribution is -0.115. The first-order chi connectivity index (χ1) is 13.6. The van der Waals surface area contributed by atoms with E-state index in [2.05, 4.69) is 29.5 Å². The quantitative estimate of drug-likeness (QED) is 0.843. The van der Waals surface area contributed by atoms with Gasteiger partial charge in [0, 0.05) is 31.3 Å². The molecule has 0 unspecified atom stereocenters. The Morgan fingerprint density at radius 3 is 2.89 bits per heavy atom. The van der Waals surface area contributed by atoms with Gasteiger partial charge in [0.05, 0.1) is 12.1 Å². The third-order valence-electron chi connectivity index (χ3n) is 5.41. The Hall–Kier alpha value is -2.67. The van der Waals surface area contributed by atoms with Gasteiger partial charge in [0.25, 0.3) is 11.8 Å². The van der Waals surface area contributed by atoms with E-state index in [1.54, 1.807) is 4.90 Å². The van der Waals surface area contributed by atoms with Crippen LogP contribution in [-0.4, -0.2) is 47.7 Å². The summed E-state index contributed by atoms with van der Waals surface area (Å²) in [6.07, 6.45) is 1.12. The van der Waals surface area contributed by atoms with Crippen LogP contribution in [0.4, 0.5) is 0 Å². The van der Waals surface area contributed by atoms with Crippen molar-refractivity contribution < 1.29 is 14.4 Å². The molecule has 1 aromatic carbocycles. The highest BCUT2D eigenvalue weighted by Crippen LogP contribution is 2.34. The first-order valence-corrected chi connectivity index (χ1v) is 10.4. The molecule has 0 bridgehead atoms. The number of hydrogen-bond acceptors (Lipinski definition) is 5. The van der Waals surface area contributed by atoms with Gasteiger partial charge < -0.3 is 15.1 Å². The number of rotatable bonds is 5. The van der Waals surface area contributed by atoms with E-state index in [0.29, 0.717) is 43.8 Å². The lowest BCUT2D eigenvalue weighted by atomic mass is 9.96. The van der Waals surface area contributed by atoms with E-state index in [-0.39, 0.29) is 17.7 Å². The molecule has 1 aromatic heterocycles. The fraction of sp³-hybridized carbons (Fsp3) is 0.381. The molecular weight excluding hydrogens is 374 g/mol. The summed E-state index contributed by atoms with van der Waals surface area (Å²) in [5.41, 5.74) is 1.73. The Labute approximate surface area is 168 Å². The van der Waals surface area contributed by atoms with Crippen LogP contribution in [0.1, 0.15) is 41.6 Å². The zero-order chi connectivity index (χ0) is 19.6. The molecule has 4 rings (SSSR count). The lowest BCUT2D eigenvalue weighted by Gasteiger charge is -2.21. The predicted octanol–water partition coefficient (Wildman–Crippen LogP) is 3.03. The summed E-state index contributed by atoms with van der Waals surface area (Å²) in [4.78, 5) is 32.5. The van der Waals surface area contributed by atoms with Crippen LogP contribution in [0.15, 0.2) is 52.3 Å². The maximum absolute atomic E-state index is 12.5. The molecule has 0 aliphatic carbocycles. The molecule has 6 nitrogen and oxygen atoms in total. The number of nitrogens with zero attached hydrogens (tertiary/aromatic N) is 2. The van der Waals surface area contributed by atoms with Gasteiger partial charge in [-0.3, -0.25) is 9.59 Å². The van der Waals surface area contributed by atoms with Gasteiger partial charge in [-0.15, -0.1) is 0 Å². The molecule has 1 saturated heterocycles. The SMILES string of the molecule is C[C@@H](CNC(=O)C1=NO[C@@]2(CCN(C(=O)c3ccsc3)C2)C1)c1ccccc1. The number of benzene rings is 1. The first-order valence-electron chi connectivity index (χ1n) is 9.46. The second kappa shape index (κ2) is 7.75. The summed E-state index contributed by atoms with van der Waals surface area (Å²) >= 11 is 1.51. The van der Waals surface area contributed by atoms with Crippen molar-refractivity contribution in [3.8, 4) is 0 Å².